The molecule has 1 heterocycles. The highest BCUT2D eigenvalue weighted by molar-refractivity contribution is 6.98. The average Bonchev–Trinajstić information content (AvgIpc) is 3.71. The second-order valence-corrected chi connectivity index (χ2v) is 19.8. The minimum Gasteiger partial charge on any atom is -0.460 e. The summed E-state index contributed by atoms with van der Waals surface area (Å²) in [5.41, 5.74) is 1.74. The van der Waals surface area contributed by atoms with Gasteiger partial charge in [-0.05, 0) is 93.0 Å². The van der Waals surface area contributed by atoms with Gasteiger partial charge in [0.2, 0.25) is 0 Å². The van der Waals surface area contributed by atoms with Crippen molar-refractivity contribution < 1.29 is 14.3 Å². The monoisotopic (exact) mass is 629 g/mol. The molecule has 0 aliphatic heterocycles. The lowest BCUT2D eigenvalue weighted by Gasteiger charge is -2.41. The zero-order valence-corrected chi connectivity index (χ0v) is 29.6. The Kier molecular flexibility index (Phi) is 10.1. The molecule has 2 aliphatic rings. The molecule has 0 amide bonds. The van der Waals surface area contributed by atoms with Crippen molar-refractivity contribution in [2.24, 2.45) is 11.8 Å². The fourth-order valence-corrected chi connectivity index (χ4v) is 11.4. The first-order valence-electron chi connectivity index (χ1n) is 17.3. The van der Waals surface area contributed by atoms with Crippen molar-refractivity contribution in [3.05, 3.63) is 72.1 Å². The summed E-state index contributed by atoms with van der Waals surface area (Å²) in [4.78, 5) is 25.9. The summed E-state index contributed by atoms with van der Waals surface area (Å²) in [6.45, 7) is 14.8. The summed E-state index contributed by atoms with van der Waals surface area (Å²) < 4.78 is 8.08. The number of esters is 1. The first kappa shape index (κ1) is 33.6. The molecule has 244 valence electrons. The van der Waals surface area contributed by atoms with Crippen LogP contribution in [0.3, 0.4) is 0 Å². The summed E-state index contributed by atoms with van der Waals surface area (Å²) >= 11 is 0. The van der Waals surface area contributed by atoms with Crippen molar-refractivity contribution >= 4 is 24.7 Å². The second-order valence-electron chi connectivity index (χ2n) is 15.9. The fourth-order valence-electron chi connectivity index (χ4n) is 7.58. The summed E-state index contributed by atoms with van der Waals surface area (Å²) in [6, 6.07) is 20.9. The molecule has 1 unspecified atom stereocenters. The Bertz CT molecular complexity index is 1360. The van der Waals surface area contributed by atoms with Gasteiger partial charge in [-0.25, -0.2) is 4.68 Å². The minimum absolute atomic E-state index is 0.0604. The van der Waals surface area contributed by atoms with Gasteiger partial charge >= 0.3 is 5.97 Å². The molecule has 0 saturated heterocycles. The van der Waals surface area contributed by atoms with Crippen LogP contribution in [0.2, 0.25) is 5.04 Å². The van der Waals surface area contributed by atoms with Gasteiger partial charge in [-0.2, -0.15) is 0 Å². The van der Waals surface area contributed by atoms with Crippen molar-refractivity contribution in [1.29, 1.82) is 0 Å². The third-order valence-corrected chi connectivity index (χ3v) is 14.6. The highest BCUT2D eigenvalue weighted by Gasteiger charge is 2.49. The Morgan fingerprint density at radius 2 is 1.56 bits per heavy atom. The number of ether oxygens (including phenoxy) is 1. The molecule has 1 aromatic heterocycles. The number of hydrogen-bond acceptors (Lipinski definition) is 5. The first-order chi connectivity index (χ1) is 21.3. The molecule has 45 heavy (non-hydrogen) atoms. The minimum atomic E-state index is -3.11. The van der Waals surface area contributed by atoms with Crippen LogP contribution in [0.15, 0.2) is 60.7 Å². The Labute approximate surface area is 272 Å². The molecule has 0 spiro atoms. The molecular formula is C38H55N3O3Si. The number of rotatable bonds is 14. The molecule has 3 aromatic rings. The molecule has 2 saturated carbocycles. The van der Waals surface area contributed by atoms with Gasteiger partial charge in [-0.3, -0.25) is 4.79 Å². The third kappa shape index (κ3) is 7.79. The van der Waals surface area contributed by atoms with E-state index in [2.05, 4.69) is 56.6 Å². The zero-order valence-electron chi connectivity index (χ0n) is 28.6. The number of hydrogen-bond donors (Lipinski definition) is 1. The largest absolute Gasteiger partial charge is 0.460 e. The summed E-state index contributed by atoms with van der Waals surface area (Å²) in [6.07, 6.45) is 8.76. The van der Waals surface area contributed by atoms with E-state index in [9.17, 15) is 9.59 Å². The molecular weight excluding hydrogens is 575 g/mol. The number of carbonyl (C=O) groups is 1. The van der Waals surface area contributed by atoms with Crippen molar-refractivity contribution in [3.63, 3.8) is 0 Å². The van der Waals surface area contributed by atoms with Crippen molar-refractivity contribution in [3.8, 4) is 0 Å². The Morgan fingerprint density at radius 1 is 0.978 bits per heavy atom. The molecule has 5 rings (SSSR count). The van der Waals surface area contributed by atoms with Crippen LogP contribution in [0.5, 0.6) is 0 Å². The van der Waals surface area contributed by atoms with E-state index in [1.807, 2.05) is 57.2 Å². The molecule has 0 radical (unpaired) electrons. The SMILES string of the molecule is CC(C)CC1CC(n2nnc(C(CCCC(C)(C)[Si](O)(c3ccccc3)c3ccccc3)CC(=O)OC(C)(C)C)c2C2CC2)C1. The summed E-state index contributed by atoms with van der Waals surface area (Å²) in [5, 5.41) is 11.3. The van der Waals surface area contributed by atoms with Crippen LogP contribution in [-0.4, -0.2) is 39.7 Å². The van der Waals surface area contributed by atoms with E-state index in [0.717, 1.165) is 47.2 Å². The second kappa shape index (κ2) is 13.5. The lowest BCUT2D eigenvalue weighted by molar-refractivity contribution is -0.155. The molecule has 1 atom stereocenters. The third-order valence-electron chi connectivity index (χ3n) is 10.0. The summed E-state index contributed by atoms with van der Waals surface area (Å²) in [7, 11) is -3.11. The Morgan fingerprint density at radius 3 is 2.07 bits per heavy atom. The van der Waals surface area contributed by atoms with Gasteiger partial charge in [-0.15, -0.1) is 5.10 Å². The van der Waals surface area contributed by atoms with Gasteiger partial charge in [0.05, 0.1) is 23.9 Å². The lowest BCUT2D eigenvalue weighted by Crippen LogP contribution is -2.65. The van der Waals surface area contributed by atoms with Gasteiger partial charge in [0.15, 0.2) is 0 Å². The van der Waals surface area contributed by atoms with Crippen LogP contribution < -0.4 is 10.4 Å². The maximum absolute atomic E-state index is 13.3. The van der Waals surface area contributed by atoms with Crippen molar-refractivity contribution in [2.75, 3.05) is 0 Å². The molecule has 1 N–H and O–H groups in total. The van der Waals surface area contributed by atoms with Crippen LogP contribution in [-0.2, 0) is 9.53 Å². The van der Waals surface area contributed by atoms with E-state index in [0.29, 0.717) is 18.4 Å². The standard InChI is InChI=1S/C38H55N3O3Si/c1-27(2)23-28-24-31(25-28)41-36(29-20-21-29)35(39-40-41)30(26-34(42)44-37(3,4)5)15-14-22-38(6,7)45(43,32-16-10-8-11-17-32)33-18-12-9-13-19-33/h8-13,16-19,27-31,43H,14-15,20-26H2,1-7H3. The number of nitrogens with zero attached hydrogens (tertiary/aromatic N) is 3. The average molecular weight is 630 g/mol. The van der Waals surface area contributed by atoms with Gasteiger partial charge in [0, 0.05) is 11.8 Å². The van der Waals surface area contributed by atoms with Crippen LogP contribution in [0.4, 0.5) is 0 Å². The summed E-state index contributed by atoms with van der Waals surface area (Å²) in [5.74, 6) is 1.74. The first-order valence-corrected chi connectivity index (χ1v) is 19.2. The molecule has 2 fully saturated rings. The Balaban J connectivity index is 1.39. The van der Waals surface area contributed by atoms with Gasteiger partial charge < -0.3 is 9.53 Å². The smallest absolute Gasteiger partial charge is 0.306 e. The normalized spacial score (nSPS) is 19.8. The van der Waals surface area contributed by atoms with E-state index in [1.54, 1.807) is 0 Å². The molecule has 6 nitrogen and oxygen atoms in total. The number of benzene rings is 2. The van der Waals surface area contributed by atoms with Crippen molar-refractivity contribution in [1.82, 2.24) is 15.0 Å². The van der Waals surface area contributed by atoms with Gasteiger partial charge in [0.25, 0.3) is 8.32 Å². The Hall–Kier alpha value is -2.77. The maximum Gasteiger partial charge on any atom is 0.306 e. The van der Waals surface area contributed by atoms with Crippen molar-refractivity contribution in [2.45, 2.75) is 135 Å². The topological polar surface area (TPSA) is 77.2 Å². The highest BCUT2D eigenvalue weighted by atomic mass is 28.4. The molecule has 2 aliphatic carbocycles. The van der Waals surface area contributed by atoms with E-state index in [-0.39, 0.29) is 16.9 Å². The van der Waals surface area contributed by atoms with Crippen LogP contribution in [0.1, 0.15) is 136 Å². The number of carbonyl (C=O) groups excluding carboxylic acids is 1. The quantitative estimate of drug-likeness (QED) is 0.146. The predicted octanol–water partition coefficient (Wildman–Crippen LogP) is 7.67. The zero-order chi connectivity index (χ0) is 32.4. The lowest BCUT2D eigenvalue weighted by atomic mass is 9.75. The van der Waals surface area contributed by atoms with Crippen LogP contribution in [0.25, 0.3) is 0 Å². The fraction of sp³-hybridized carbons (Fsp3) is 0.605. The maximum atomic E-state index is 13.3. The molecule has 7 heteroatoms. The van der Waals surface area contributed by atoms with Gasteiger partial charge in [-0.1, -0.05) is 100.0 Å². The van der Waals surface area contributed by atoms with E-state index in [1.165, 1.54) is 37.8 Å². The van der Waals surface area contributed by atoms with E-state index >= 15 is 0 Å². The molecule has 2 aromatic carbocycles. The van der Waals surface area contributed by atoms with E-state index < -0.39 is 13.9 Å². The molecule has 0 bridgehead atoms. The van der Waals surface area contributed by atoms with Gasteiger partial charge in [0.1, 0.15) is 5.60 Å². The number of aromatic nitrogens is 3. The van der Waals surface area contributed by atoms with E-state index in [4.69, 9.17) is 15.0 Å². The predicted molar refractivity (Wildman–Crippen MR) is 184 cm³/mol. The van der Waals surface area contributed by atoms with Crippen LogP contribution >= 0.6 is 0 Å². The highest BCUT2D eigenvalue weighted by Crippen LogP contribution is 2.49. The van der Waals surface area contributed by atoms with Crippen LogP contribution in [0, 0.1) is 11.8 Å².